The third-order valence-electron chi connectivity index (χ3n) is 4.70. The lowest BCUT2D eigenvalue weighted by Gasteiger charge is -2.14. The zero-order valence-electron chi connectivity index (χ0n) is 17.0. The van der Waals surface area contributed by atoms with Gasteiger partial charge >= 0.3 is 5.97 Å². The molecule has 0 bridgehead atoms. The highest BCUT2D eigenvalue weighted by Crippen LogP contribution is 2.28. The Labute approximate surface area is 178 Å². The predicted octanol–water partition coefficient (Wildman–Crippen LogP) is 3.80. The molecule has 158 valence electrons. The number of hydrogen-bond acceptors (Lipinski definition) is 7. The number of carboxylic acids is 1. The van der Waals surface area contributed by atoms with Gasteiger partial charge in [0.15, 0.2) is 5.65 Å². The van der Waals surface area contributed by atoms with Crippen molar-refractivity contribution in [3.8, 4) is 11.5 Å². The van der Waals surface area contributed by atoms with Gasteiger partial charge in [-0.05, 0) is 29.8 Å². The highest BCUT2D eigenvalue weighted by Gasteiger charge is 2.17. The van der Waals surface area contributed by atoms with E-state index in [-0.39, 0.29) is 11.2 Å². The molecule has 3 N–H and O–H groups in total. The number of para-hydroxylation sites is 2. The van der Waals surface area contributed by atoms with E-state index in [1.165, 1.54) is 10.7 Å². The van der Waals surface area contributed by atoms with Gasteiger partial charge in [-0.3, -0.25) is 0 Å². The van der Waals surface area contributed by atoms with Gasteiger partial charge in [0, 0.05) is 12.6 Å². The summed E-state index contributed by atoms with van der Waals surface area (Å²) in [6, 6.07) is 16.8. The molecule has 2 aromatic heterocycles. The van der Waals surface area contributed by atoms with Crippen LogP contribution in [-0.4, -0.2) is 39.9 Å². The van der Waals surface area contributed by atoms with Crippen LogP contribution in [-0.2, 0) is 6.54 Å². The molecule has 9 nitrogen and oxygen atoms in total. The van der Waals surface area contributed by atoms with Crippen molar-refractivity contribution >= 4 is 28.9 Å². The van der Waals surface area contributed by atoms with Crippen LogP contribution >= 0.6 is 0 Å². The highest BCUT2D eigenvalue weighted by molar-refractivity contribution is 5.94. The van der Waals surface area contributed by atoms with E-state index in [0.29, 0.717) is 29.6 Å². The summed E-state index contributed by atoms with van der Waals surface area (Å²) in [5.41, 5.74) is 1.97. The number of carbonyl (C=O) groups is 1. The van der Waals surface area contributed by atoms with E-state index < -0.39 is 5.97 Å². The van der Waals surface area contributed by atoms with Crippen LogP contribution in [0.1, 0.15) is 15.9 Å². The van der Waals surface area contributed by atoms with Crippen molar-refractivity contribution in [2.24, 2.45) is 0 Å². The molecule has 0 aliphatic heterocycles. The van der Waals surface area contributed by atoms with Crippen LogP contribution < -0.4 is 20.1 Å². The Morgan fingerprint density at radius 1 is 1.10 bits per heavy atom. The lowest BCUT2D eigenvalue weighted by molar-refractivity contribution is 0.0699. The van der Waals surface area contributed by atoms with Crippen LogP contribution in [0.4, 0.5) is 17.3 Å². The summed E-state index contributed by atoms with van der Waals surface area (Å²) >= 11 is 0. The quantitative estimate of drug-likeness (QED) is 0.396. The molecule has 4 rings (SSSR count). The fourth-order valence-electron chi connectivity index (χ4n) is 3.13. The summed E-state index contributed by atoms with van der Waals surface area (Å²) in [4.78, 5) is 16.1. The fraction of sp³-hybridized carbons (Fsp3) is 0.136. The van der Waals surface area contributed by atoms with E-state index in [0.717, 1.165) is 11.3 Å². The molecule has 9 heteroatoms. The van der Waals surface area contributed by atoms with Gasteiger partial charge in [-0.15, -0.1) is 0 Å². The molecule has 4 aromatic rings. The lowest BCUT2D eigenvalue weighted by Crippen LogP contribution is -2.08. The third kappa shape index (κ3) is 4.20. The minimum absolute atomic E-state index is 0.0103. The minimum Gasteiger partial charge on any atom is -0.497 e. The van der Waals surface area contributed by atoms with Crippen molar-refractivity contribution in [2.75, 3.05) is 24.9 Å². The summed E-state index contributed by atoms with van der Waals surface area (Å²) in [7, 11) is 3.20. The average Bonchev–Trinajstić information content (AvgIpc) is 3.22. The Balaban J connectivity index is 1.69. The molecule has 0 spiro atoms. The van der Waals surface area contributed by atoms with E-state index in [1.54, 1.807) is 20.3 Å². The molecule has 0 amide bonds. The third-order valence-corrected chi connectivity index (χ3v) is 4.70. The first-order valence-electron chi connectivity index (χ1n) is 9.48. The normalized spacial score (nSPS) is 10.6. The number of nitrogens with one attached hydrogen (secondary N) is 2. The second-order valence-electron chi connectivity index (χ2n) is 6.65. The zero-order chi connectivity index (χ0) is 21.8. The van der Waals surface area contributed by atoms with Gasteiger partial charge in [-0.1, -0.05) is 24.3 Å². The largest absolute Gasteiger partial charge is 0.497 e. The van der Waals surface area contributed by atoms with Crippen molar-refractivity contribution in [1.82, 2.24) is 14.6 Å². The Morgan fingerprint density at radius 3 is 2.58 bits per heavy atom. The van der Waals surface area contributed by atoms with Crippen LogP contribution in [0.5, 0.6) is 11.5 Å². The SMILES string of the molecule is COc1ccc(CNc2cc(Nc3ccccc3OC)nc3c(C(=O)O)cnn23)cc1. The number of methoxy groups -OCH3 is 2. The van der Waals surface area contributed by atoms with Gasteiger partial charge in [-0.2, -0.15) is 9.61 Å². The van der Waals surface area contributed by atoms with E-state index >= 15 is 0 Å². The van der Waals surface area contributed by atoms with E-state index in [2.05, 4.69) is 20.7 Å². The smallest absolute Gasteiger partial charge is 0.341 e. The maximum atomic E-state index is 11.6. The molecule has 31 heavy (non-hydrogen) atoms. The zero-order valence-corrected chi connectivity index (χ0v) is 17.0. The Hall–Kier alpha value is -4.27. The number of hydrogen-bond donors (Lipinski definition) is 3. The second kappa shape index (κ2) is 8.62. The molecule has 0 radical (unpaired) electrons. The number of anilines is 3. The number of carboxylic acid groups (broad SMARTS) is 1. The molecule has 0 aliphatic carbocycles. The van der Waals surface area contributed by atoms with Crippen LogP contribution in [0.15, 0.2) is 60.8 Å². The first-order chi connectivity index (χ1) is 15.1. The van der Waals surface area contributed by atoms with Crippen molar-refractivity contribution in [1.29, 1.82) is 0 Å². The van der Waals surface area contributed by atoms with Gasteiger partial charge in [0.2, 0.25) is 0 Å². The number of aromatic nitrogens is 3. The number of nitrogens with zero attached hydrogens (tertiary/aromatic N) is 3. The van der Waals surface area contributed by atoms with Crippen LogP contribution in [0.2, 0.25) is 0 Å². The molecule has 0 unspecified atom stereocenters. The van der Waals surface area contributed by atoms with Crippen LogP contribution in [0.25, 0.3) is 5.65 Å². The van der Waals surface area contributed by atoms with Crippen LogP contribution in [0.3, 0.4) is 0 Å². The van der Waals surface area contributed by atoms with E-state index in [4.69, 9.17) is 9.47 Å². The second-order valence-corrected chi connectivity index (χ2v) is 6.65. The van der Waals surface area contributed by atoms with E-state index in [1.807, 2.05) is 48.5 Å². The molecule has 2 heterocycles. The maximum Gasteiger partial charge on any atom is 0.341 e. The van der Waals surface area contributed by atoms with Crippen molar-refractivity contribution in [3.05, 3.63) is 71.9 Å². The highest BCUT2D eigenvalue weighted by atomic mass is 16.5. The fourth-order valence-corrected chi connectivity index (χ4v) is 3.13. The van der Waals surface area contributed by atoms with Crippen molar-refractivity contribution in [3.63, 3.8) is 0 Å². The number of fused-ring (bicyclic) bond motifs is 1. The Morgan fingerprint density at radius 2 is 1.87 bits per heavy atom. The molecule has 0 saturated heterocycles. The van der Waals surface area contributed by atoms with E-state index in [9.17, 15) is 9.90 Å². The van der Waals surface area contributed by atoms with Gasteiger partial charge in [0.1, 0.15) is 28.7 Å². The Bertz CT molecular complexity index is 1220. The molecule has 2 aromatic carbocycles. The lowest BCUT2D eigenvalue weighted by atomic mass is 10.2. The first kappa shape index (κ1) is 20.0. The number of ether oxygens (including phenoxy) is 2. The van der Waals surface area contributed by atoms with Crippen molar-refractivity contribution in [2.45, 2.75) is 6.54 Å². The summed E-state index contributed by atoms with van der Waals surface area (Å²) in [6.45, 7) is 0.499. The standard InChI is InChI=1S/C22H21N5O4/c1-30-15-9-7-14(8-10-15)12-23-20-11-19(25-17-5-3-4-6-18(17)31-2)26-21-16(22(28)29)13-24-27(20)21/h3-11,13,23H,12H2,1-2H3,(H,25,26)(H,28,29). The molecule has 0 fully saturated rings. The van der Waals surface area contributed by atoms with Gasteiger partial charge < -0.3 is 25.2 Å². The monoisotopic (exact) mass is 419 g/mol. The summed E-state index contributed by atoms with van der Waals surface area (Å²) < 4.78 is 12.0. The number of rotatable bonds is 8. The maximum absolute atomic E-state index is 11.6. The molecule has 0 atom stereocenters. The summed E-state index contributed by atoms with van der Waals surface area (Å²) in [6.07, 6.45) is 1.29. The van der Waals surface area contributed by atoms with Crippen molar-refractivity contribution < 1.29 is 19.4 Å². The van der Waals surface area contributed by atoms with Gasteiger partial charge in [0.25, 0.3) is 0 Å². The van der Waals surface area contributed by atoms with Crippen LogP contribution in [0, 0.1) is 0 Å². The summed E-state index contributed by atoms with van der Waals surface area (Å²) in [5, 5.41) is 20.2. The minimum atomic E-state index is -1.10. The Kier molecular flexibility index (Phi) is 5.57. The van der Waals surface area contributed by atoms with Gasteiger partial charge in [-0.25, -0.2) is 9.78 Å². The molecular formula is C22H21N5O4. The molecular weight excluding hydrogens is 398 g/mol. The number of aromatic carboxylic acids is 1. The molecule has 0 aliphatic rings. The number of benzene rings is 2. The predicted molar refractivity (Wildman–Crippen MR) is 117 cm³/mol. The van der Waals surface area contributed by atoms with Gasteiger partial charge in [0.05, 0.1) is 26.1 Å². The summed E-state index contributed by atoms with van der Waals surface area (Å²) in [5.74, 6) is 1.36. The first-order valence-corrected chi connectivity index (χ1v) is 9.48. The average molecular weight is 419 g/mol. The topological polar surface area (TPSA) is 110 Å². The molecule has 0 saturated carbocycles.